The van der Waals surface area contributed by atoms with Crippen LogP contribution in [0.15, 0.2) is 36.4 Å². The van der Waals surface area contributed by atoms with Gasteiger partial charge in [-0.3, -0.25) is 9.69 Å². The summed E-state index contributed by atoms with van der Waals surface area (Å²) in [5.41, 5.74) is 2.09. The third-order valence-electron chi connectivity index (χ3n) is 5.77. The number of carboxylic acids is 1. The van der Waals surface area contributed by atoms with Gasteiger partial charge in [-0.1, -0.05) is 12.1 Å². The third-order valence-corrected chi connectivity index (χ3v) is 5.77. The molecule has 3 rings (SSSR count). The number of benzene rings is 2. The second-order valence-electron chi connectivity index (χ2n) is 7.51. The first kappa shape index (κ1) is 22.7. The molecule has 0 radical (unpaired) electrons. The van der Waals surface area contributed by atoms with Crippen LogP contribution >= 0.6 is 0 Å². The first-order chi connectivity index (χ1) is 15.0. The number of hydrogen-bond acceptors (Lipinski definition) is 6. The van der Waals surface area contributed by atoms with Crippen molar-refractivity contribution in [3.05, 3.63) is 47.5 Å². The Morgan fingerprint density at radius 2 is 1.45 bits per heavy atom. The van der Waals surface area contributed by atoms with Crippen molar-refractivity contribution in [2.75, 3.05) is 41.0 Å². The predicted octanol–water partition coefficient (Wildman–Crippen LogP) is 4.00. The van der Waals surface area contributed by atoms with Crippen LogP contribution in [0, 0.1) is 5.92 Å². The van der Waals surface area contributed by atoms with E-state index in [1.807, 2.05) is 43.3 Å². The molecule has 1 N–H and O–H groups in total. The van der Waals surface area contributed by atoms with E-state index in [1.54, 1.807) is 21.3 Å². The molecule has 1 fully saturated rings. The SMILES string of the molecule is CCOc1cc(C(c2ccc(OC)c(OC)c2)N2CCC(C(=O)O)CC2)ccc1OC. The molecule has 2 aromatic carbocycles. The molecule has 1 unspecified atom stereocenters. The van der Waals surface area contributed by atoms with Crippen LogP contribution in [0.5, 0.6) is 23.0 Å². The van der Waals surface area contributed by atoms with Gasteiger partial charge < -0.3 is 24.1 Å². The number of rotatable bonds is 9. The molecule has 0 saturated carbocycles. The highest BCUT2D eigenvalue weighted by molar-refractivity contribution is 5.70. The highest BCUT2D eigenvalue weighted by Gasteiger charge is 2.31. The molecule has 1 atom stereocenters. The summed E-state index contributed by atoms with van der Waals surface area (Å²) >= 11 is 0. The zero-order valence-electron chi connectivity index (χ0n) is 18.6. The minimum atomic E-state index is -0.717. The minimum absolute atomic E-state index is 0.0836. The van der Waals surface area contributed by atoms with Crippen molar-refractivity contribution < 1.29 is 28.8 Å². The van der Waals surface area contributed by atoms with Crippen molar-refractivity contribution in [3.8, 4) is 23.0 Å². The standard InChI is InChI=1S/C24H31NO6/c1-5-31-22-15-18(7-9-20(22)29-3)23(25-12-10-16(11-13-25)24(26)27)17-6-8-19(28-2)21(14-17)30-4/h6-9,14-16,23H,5,10-13H2,1-4H3,(H,26,27). The molecule has 0 aromatic heterocycles. The fraction of sp³-hybridized carbons (Fsp3) is 0.458. The van der Waals surface area contributed by atoms with Crippen molar-refractivity contribution in [3.63, 3.8) is 0 Å². The Kier molecular flexibility index (Phi) is 7.63. The molecule has 31 heavy (non-hydrogen) atoms. The normalized spacial score (nSPS) is 15.9. The third kappa shape index (κ3) is 5.05. The number of piperidine rings is 1. The summed E-state index contributed by atoms with van der Waals surface area (Å²) in [6.45, 7) is 3.84. The van der Waals surface area contributed by atoms with Gasteiger partial charge in [0.2, 0.25) is 0 Å². The van der Waals surface area contributed by atoms with Gasteiger partial charge in [0, 0.05) is 0 Å². The van der Waals surface area contributed by atoms with Gasteiger partial charge in [0.05, 0.1) is 39.9 Å². The van der Waals surface area contributed by atoms with E-state index in [2.05, 4.69) is 4.90 Å². The molecule has 0 spiro atoms. The molecule has 1 saturated heterocycles. The summed E-state index contributed by atoms with van der Waals surface area (Å²) in [4.78, 5) is 13.8. The number of carbonyl (C=O) groups is 1. The Labute approximate surface area is 183 Å². The Hall–Kier alpha value is -2.93. The van der Waals surface area contributed by atoms with Gasteiger partial charge in [-0.25, -0.2) is 0 Å². The second-order valence-corrected chi connectivity index (χ2v) is 7.51. The maximum atomic E-state index is 11.4. The van der Waals surface area contributed by atoms with Gasteiger partial charge in [-0.15, -0.1) is 0 Å². The van der Waals surface area contributed by atoms with E-state index in [4.69, 9.17) is 18.9 Å². The first-order valence-corrected chi connectivity index (χ1v) is 10.5. The molecule has 1 aliphatic heterocycles. The Balaban J connectivity index is 2.03. The summed E-state index contributed by atoms with van der Waals surface area (Å²) in [6.07, 6.45) is 1.24. The van der Waals surface area contributed by atoms with E-state index in [9.17, 15) is 9.90 Å². The number of aliphatic carboxylic acids is 1. The smallest absolute Gasteiger partial charge is 0.306 e. The Morgan fingerprint density at radius 1 is 0.935 bits per heavy atom. The van der Waals surface area contributed by atoms with Crippen LogP contribution < -0.4 is 18.9 Å². The van der Waals surface area contributed by atoms with Crippen LogP contribution in [-0.2, 0) is 4.79 Å². The van der Waals surface area contributed by atoms with Crippen molar-refractivity contribution in [1.82, 2.24) is 4.90 Å². The van der Waals surface area contributed by atoms with Crippen molar-refractivity contribution in [2.24, 2.45) is 5.92 Å². The molecular formula is C24H31NO6. The van der Waals surface area contributed by atoms with Gasteiger partial charge in [-0.05, 0) is 68.2 Å². The summed E-state index contributed by atoms with van der Waals surface area (Å²) < 4.78 is 22.2. The maximum Gasteiger partial charge on any atom is 0.306 e. The lowest BCUT2D eigenvalue weighted by Gasteiger charge is -2.37. The van der Waals surface area contributed by atoms with Gasteiger partial charge in [0.15, 0.2) is 23.0 Å². The predicted molar refractivity (Wildman–Crippen MR) is 117 cm³/mol. The van der Waals surface area contributed by atoms with Crippen molar-refractivity contribution in [2.45, 2.75) is 25.8 Å². The zero-order chi connectivity index (χ0) is 22.4. The highest BCUT2D eigenvalue weighted by atomic mass is 16.5. The topological polar surface area (TPSA) is 77.5 Å². The molecule has 2 aromatic rings. The summed E-state index contributed by atoms with van der Waals surface area (Å²) in [7, 11) is 4.86. The van der Waals surface area contributed by atoms with E-state index in [-0.39, 0.29) is 12.0 Å². The number of ether oxygens (including phenoxy) is 4. The number of carboxylic acid groups (broad SMARTS) is 1. The summed E-state index contributed by atoms with van der Waals surface area (Å²) in [5, 5.41) is 9.40. The molecule has 0 amide bonds. The average Bonchev–Trinajstić information content (AvgIpc) is 2.80. The van der Waals surface area contributed by atoms with Crippen LogP contribution in [0.1, 0.15) is 36.9 Å². The molecule has 0 bridgehead atoms. The number of likely N-dealkylation sites (tertiary alicyclic amines) is 1. The number of hydrogen-bond donors (Lipinski definition) is 1. The van der Waals surface area contributed by atoms with Crippen molar-refractivity contribution >= 4 is 5.97 Å². The molecular weight excluding hydrogens is 398 g/mol. The zero-order valence-corrected chi connectivity index (χ0v) is 18.6. The van der Waals surface area contributed by atoms with Crippen LogP contribution in [0.25, 0.3) is 0 Å². The second kappa shape index (κ2) is 10.4. The molecule has 7 heteroatoms. The summed E-state index contributed by atoms with van der Waals surface area (Å²) in [6, 6.07) is 11.8. The molecule has 168 valence electrons. The van der Waals surface area contributed by atoms with Crippen LogP contribution in [0.2, 0.25) is 0 Å². The van der Waals surface area contributed by atoms with E-state index in [0.717, 1.165) is 11.1 Å². The lowest BCUT2D eigenvalue weighted by atomic mass is 9.91. The van der Waals surface area contributed by atoms with E-state index in [0.29, 0.717) is 55.5 Å². The number of methoxy groups -OCH3 is 3. The lowest BCUT2D eigenvalue weighted by Crippen LogP contribution is -2.39. The Bertz CT molecular complexity index is 892. The van der Waals surface area contributed by atoms with Gasteiger partial charge >= 0.3 is 5.97 Å². The molecule has 1 heterocycles. The van der Waals surface area contributed by atoms with Crippen LogP contribution in [0.3, 0.4) is 0 Å². The molecule has 0 aliphatic carbocycles. The first-order valence-electron chi connectivity index (χ1n) is 10.5. The number of nitrogens with zero attached hydrogens (tertiary/aromatic N) is 1. The average molecular weight is 430 g/mol. The van der Waals surface area contributed by atoms with Crippen molar-refractivity contribution in [1.29, 1.82) is 0 Å². The quantitative estimate of drug-likeness (QED) is 0.646. The van der Waals surface area contributed by atoms with Crippen LogP contribution in [-0.4, -0.2) is 57.0 Å². The lowest BCUT2D eigenvalue weighted by molar-refractivity contribution is -0.143. The van der Waals surface area contributed by atoms with Gasteiger partial charge in [0.1, 0.15) is 0 Å². The Morgan fingerprint density at radius 3 is 1.94 bits per heavy atom. The van der Waals surface area contributed by atoms with E-state index < -0.39 is 5.97 Å². The van der Waals surface area contributed by atoms with Gasteiger partial charge in [0.25, 0.3) is 0 Å². The largest absolute Gasteiger partial charge is 0.493 e. The fourth-order valence-corrected chi connectivity index (χ4v) is 4.17. The monoisotopic (exact) mass is 429 g/mol. The highest BCUT2D eigenvalue weighted by Crippen LogP contribution is 2.39. The van der Waals surface area contributed by atoms with E-state index in [1.165, 1.54) is 0 Å². The van der Waals surface area contributed by atoms with Crippen LogP contribution in [0.4, 0.5) is 0 Å². The minimum Gasteiger partial charge on any atom is -0.493 e. The molecule has 1 aliphatic rings. The van der Waals surface area contributed by atoms with E-state index >= 15 is 0 Å². The maximum absolute atomic E-state index is 11.4. The van der Waals surface area contributed by atoms with Gasteiger partial charge in [-0.2, -0.15) is 0 Å². The summed E-state index contributed by atoms with van der Waals surface area (Å²) in [5.74, 6) is 1.68. The fourth-order valence-electron chi connectivity index (χ4n) is 4.17. The molecule has 7 nitrogen and oxygen atoms in total.